The summed E-state index contributed by atoms with van der Waals surface area (Å²) in [6, 6.07) is 3.32. The van der Waals surface area contributed by atoms with Crippen LogP contribution in [0.4, 0.5) is 22.7 Å². The predicted octanol–water partition coefficient (Wildman–Crippen LogP) is 7.25. The molecular formula is C40H52N4O13S3. The number of hydrogen-bond donors (Lipinski definition) is 5. The molecule has 0 spiro atoms. The lowest BCUT2D eigenvalue weighted by molar-refractivity contribution is 0.0683. The summed E-state index contributed by atoms with van der Waals surface area (Å²) in [6.45, 7) is 16.8. The third-order valence-electron chi connectivity index (χ3n) is 13.0. The lowest BCUT2D eigenvalue weighted by Crippen LogP contribution is -2.34. The van der Waals surface area contributed by atoms with E-state index in [2.05, 4.69) is 15.0 Å². The van der Waals surface area contributed by atoms with E-state index in [1.807, 2.05) is 34.6 Å². The molecule has 0 aromatic heterocycles. The zero-order valence-corrected chi connectivity index (χ0v) is 37.5. The van der Waals surface area contributed by atoms with Crippen LogP contribution in [0.3, 0.4) is 0 Å². The van der Waals surface area contributed by atoms with Gasteiger partial charge in [-0.2, -0.15) is 25.3 Å². The Kier molecular flexibility index (Phi) is 12.2. The molecule has 4 aliphatic rings. The molecule has 6 rings (SSSR count). The molecule has 4 heterocycles. The van der Waals surface area contributed by atoms with Gasteiger partial charge < -0.3 is 10.2 Å². The summed E-state index contributed by atoms with van der Waals surface area (Å²) in [5, 5.41) is 20.1. The second-order valence-corrected chi connectivity index (χ2v) is 22.0. The highest BCUT2D eigenvalue weighted by molar-refractivity contribution is 7.86. The molecule has 0 fully saturated rings. The van der Waals surface area contributed by atoms with Crippen molar-refractivity contribution in [2.75, 3.05) is 17.3 Å². The van der Waals surface area contributed by atoms with Crippen molar-refractivity contribution in [3.63, 3.8) is 0 Å². The lowest BCUT2D eigenvalue weighted by Gasteiger charge is -2.32. The van der Waals surface area contributed by atoms with Gasteiger partial charge in [0.15, 0.2) is 0 Å². The number of carbonyl (C=O) groups is 2. The summed E-state index contributed by atoms with van der Waals surface area (Å²) in [6.07, 6.45) is 1.31. The fourth-order valence-corrected chi connectivity index (χ4v) is 10.6. The smallest absolute Gasteiger partial charge is 0.336 e. The summed E-state index contributed by atoms with van der Waals surface area (Å²) in [7, 11) is -12.4. The third kappa shape index (κ3) is 8.63. The topological polar surface area (TPSA) is 287 Å². The molecule has 3 atom stereocenters. The maximum absolute atomic E-state index is 12.6. The van der Waals surface area contributed by atoms with Crippen LogP contribution in [-0.2, 0) is 52.0 Å². The van der Waals surface area contributed by atoms with Crippen molar-refractivity contribution in [3.8, 4) is 0 Å². The first-order chi connectivity index (χ1) is 27.3. The van der Waals surface area contributed by atoms with Gasteiger partial charge in [-0.25, -0.2) is 9.59 Å². The SMILES string of the molecule is CC1=Nc2cc(C(=O)O)c3c(c2C1(C)C)N=C(C)C3(C)CCCS(=O)(=O)O.CC1=Nc2cc3c(c(C(=O)O)c2C1(C)CCCS(=O)(=O)O)C(C)(CCCS(=O)(=O)O)C(C)=N3. The maximum atomic E-state index is 12.6. The van der Waals surface area contributed by atoms with Gasteiger partial charge in [0.2, 0.25) is 0 Å². The van der Waals surface area contributed by atoms with Crippen LogP contribution >= 0.6 is 0 Å². The fraction of sp³-hybridized carbons (Fsp3) is 0.550. The molecule has 3 unspecified atom stereocenters. The van der Waals surface area contributed by atoms with Gasteiger partial charge in [0, 0.05) is 66.8 Å². The Morgan fingerprint density at radius 3 is 1.23 bits per heavy atom. The van der Waals surface area contributed by atoms with E-state index in [1.54, 1.807) is 39.8 Å². The molecule has 0 saturated heterocycles. The monoisotopic (exact) mass is 892 g/mol. The van der Waals surface area contributed by atoms with E-state index >= 15 is 0 Å². The van der Waals surface area contributed by atoms with Crippen LogP contribution in [0.15, 0.2) is 32.1 Å². The minimum atomic E-state index is -4.17. The van der Waals surface area contributed by atoms with Crippen molar-refractivity contribution in [2.45, 2.75) is 122 Å². The summed E-state index contributed by atoms with van der Waals surface area (Å²) in [5.41, 5.74) is 4.92. The highest BCUT2D eigenvalue weighted by Gasteiger charge is 2.49. The zero-order chi connectivity index (χ0) is 45.3. The van der Waals surface area contributed by atoms with Crippen LogP contribution in [0.5, 0.6) is 0 Å². The average molecular weight is 893 g/mol. The Hall–Kier alpha value is -4.21. The largest absolute Gasteiger partial charge is 0.478 e. The van der Waals surface area contributed by atoms with Crippen LogP contribution in [-0.4, -0.2) is 101 Å². The number of carboxylic acid groups (broad SMARTS) is 2. The van der Waals surface area contributed by atoms with Gasteiger partial charge in [-0.05, 0) is 78.4 Å². The Balaban J connectivity index is 0.000000232. The van der Waals surface area contributed by atoms with Gasteiger partial charge in [-0.15, -0.1) is 0 Å². The van der Waals surface area contributed by atoms with E-state index in [4.69, 9.17) is 18.7 Å². The van der Waals surface area contributed by atoms with Crippen LogP contribution in [0.1, 0.15) is 144 Å². The van der Waals surface area contributed by atoms with Crippen LogP contribution in [0.2, 0.25) is 0 Å². The molecule has 4 aliphatic heterocycles. The van der Waals surface area contributed by atoms with Crippen LogP contribution in [0, 0.1) is 0 Å². The number of carboxylic acids is 2. The molecule has 60 heavy (non-hydrogen) atoms. The number of aliphatic imine (C=N–C) groups is 4. The summed E-state index contributed by atoms with van der Waals surface area (Å²) >= 11 is 0. The maximum Gasteiger partial charge on any atom is 0.336 e. The lowest BCUT2D eigenvalue weighted by atomic mass is 9.68. The normalized spacial score (nSPS) is 23.7. The molecule has 0 bridgehead atoms. The number of benzene rings is 2. The van der Waals surface area contributed by atoms with Crippen LogP contribution < -0.4 is 0 Å². The number of aromatic carboxylic acids is 2. The van der Waals surface area contributed by atoms with Gasteiger partial charge in [-0.3, -0.25) is 33.6 Å². The van der Waals surface area contributed by atoms with E-state index in [0.29, 0.717) is 57.3 Å². The highest BCUT2D eigenvalue weighted by Crippen LogP contribution is 2.56. The van der Waals surface area contributed by atoms with Crippen molar-refractivity contribution in [2.24, 2.45) is 20.0 Å². The van der Waals surface area contributed by atoms with E-state index < -0.39 is 70.0 Å². The highest BCUT2D eigenvalue weighted by atomic mass is 32.2. The van der Waals surface area contributed by atoms with Crippen molar-refractivity contribution in [1.29, 1.82) is 0 Å². The molecule has 0 aliphatic carbocycles. The molecule has 328 valence electrons. The van der Waals surface area contributed by atoms with E-state index in [9.17, 15) is 45.1 Å². The standard InChI is InChI=1S/C21H28N2O8S2.C19H24N2O5S/c1-12-20(3,7-5-9-32(26,27)28)17-14(22-12)11-15-18(16(17)19(24)25)21(4,13(2)23-15)8-6-10-33(29,30)31;1-10-18(3,4)15-13(20-10)9-12(17(22)23)14-16(15)21-11(2)19(14,5)7-6-8-27(24,25)26/h11H,5-10H2,1-4H3,(H,24,25)(H,26,27,28)(H,29,30,31);9H,6-8H2,1-5H3,(H,22,23)(H,24,25,26). The summed E-state index contributed by atoms with van der Waals surface area (Å²) in [4.78, 5) is 43.0. The summed E-state index contributed by atoms with van der Waals surface area (Å²) in [5.74, 6) is -3.51. The van der Waals surface area contributed by atoms with Gasteiger partial charge in [0.05, 0.1) is 51.1 Å². The van der Waals surface area contributed by atoms with Gasteiger partial charge >= 0.3 is 11.9 Å². The second kappa shape index (κ2) is 15.6. The van der Waals surface area contributed by atoms with Gasteiger partial charge in [0.25, 0.3) is 30.4 Å². The van der Waals surface area contributed by atoms with Gasteiger partial charge in [-0.1, -0.05) is 34.6 Å². The van der Waals surface area contributed by atoms with E-state index in [1.165, 1.54) is 0 Å². The van der Waals surface area contributed by atoms with Crippen molar-refractivity contribution in [1.82, 2.24) is 0 Å². The fourth-order valence-electron chi connectivity index (χ4n) is 9.05. The van der Waals surface area contributed by atoms with Crippen LogP contribution in [0.25, 0.3) is 0 Å². The van der Waals surface area contributed by atoms with Crippen molar-refractivity contribution < 1.29 is 58.7 Å². The molecule has 20 heteroatoms. The number of rotatable bonds is 14. The summed E-state index contributed by atoms with van der Waals surface area (Å²) < 4.78 is 94.3. The van der Waals surface area contributed by atoms with E-state index in [-0.39, 0.29) is 54.4 Å². The molecule has 5 N–H and O–H groups in total. The molecule has 17 nitrogen and oxygen atoms in total. The quantitative estimate of drug-likeness (QED) is 0.117. The third-order valence-corrected chi connectivity index (χ3v) is 15.4. The minimum absolute atomic E-state index is 0.0346. The molecule has 2 aromatic carbocycles. The molecular weight excluding hydrogens is 841 g/mol. The Morgan fingerprint density at radius 1 is 0.517 bits per heavy atom. The second-order valence-electron chi connectivity index (χ2n) is 17.3. The number of fused-ring (bicyclic) bond motifs is 5. The number of nitrogens with zero attached hydrogens (tertiary/aromatic N) is 4. The molecule has 2 aromatic rings. The molecule has 0 amide bonds. The zero-order valence-electron chi connectivity index (χ0n) is 35.0. The first-order valence-electron chi connectivity index (χ1n) is 19.3. The molecule has 0 saturated carbocycles. The first kappa shape index (κ1) is 46.8. The Bertz CT molecular complexity index is 2590. The first-order valence-corrected chi connectivity index (χ1v) is 24.1. The van der Waals surface area contributed by atoms with Crippen molar-refractivity contribution >= 4 is 87.9 Å². The average Bonchev–Trinajstić information content (AvgIpc) is 3.67. The van der Waals surface area contributed by atoms with E-state index in [0.717, 1.165) is 17.0 Å². The Morgan fingerprint density at radius 2 is 0.867 bits per heavy atom. The van der Waals surface area contributed by atoms with Gasteiger partial charge in [0.1, 0.15) is 0 Å². The molecule has 0 radical (unpaired) electrons. The number of hydrogen-bond acceptors (Lipinski definition) is 12. The predicted molar refractivity (Wildman–Crippen MR) is 230 cm³/mol. The van der Waals surface area contributed by atoms with Crippen molar-refractivity contribution in [3.05, 3.63) is 45.5 Å². The Labute approximate surface area is 350 Å². The minimum Gasteiger partial charge on any atom is -0.478 e.